The van der Waals surface area contributed by atoms with Crippen LogP contribution in [0, 0.1) is 0 Å². The molecule has 0 aliphatic rings. The highest BCUT2D eigenvalue weighted by molar-refractivity contribution is 5.91. The fraction of sp³-hybridized carbons (Fsp3) is 0.222. The van der Waals surface area contributed by atoms with Crippen LogP contribution in [0.15, 0.2) is 48.5 Å². The molecular weight excluding hydrogens is 274 g/mol. The SMILES string of the molecule is COc1ccccc1Nc1nc(C(C)C)nc2ccccc12. The van der Waals surface area contributed by atoms with Crippen molar-refractivity contribution < 1.29 is 4.74 Å². The molecule has 0 saturated carbocycles. The van der Waals surface area contributed by atoms with Crippen molar-refractivity contribution in [2.45, 2.75) is 19.8 Å². The van der Waals surface area contributed by atoms with E-state index in [1.807, 2.05) is 48.5 Å². The third kappa shape index (κ3) is 2.72. The van der Waals surface area contributed by atoms with Gasteiger partial charge in [0.25, 0.3) is 0 Å². The van der Waals surface area contributed by atoms with Gasteiger partial charge in [-0.1, -0.05) is 38.1 Å². The van der Waals surface area contributed by atoms with Gasteiger partial charge in [0, 0.05) is 11.3 Å². The van der Waals surface area contributed by atoms with Crippen molar-refractivity contribution in [3.8, 4) is 5.75 Å². The fourth-order valence-corrected chi connectivity index (χ4v) is 2.32. The minimum absolute atomic E-state index is 0.267. The van der Waals surface area contributed by atoms with Crippen molar-refractivity contribution in [3.63, 3.8) is 0 Å². The maximum atomic E-state index is 5.40. The van der Waals surface area contributed by atoms with Gasteiger partial charge in [-0.25, -0.2) is 9.97 Å². The van der Waals surface area contributed by atoms with E-state index in [1.165, 1.54) is 0 Å². The number of fused-ring (bicyclic) bond motifs is 1. The zero-order valence-electron chi connectivity index (χ0n) is 13.0. The number of hydrogen-bond donors (Lipinski definition) is 1. The molecule has 0 bridgehead atoms. The monoisotopic (exact) mass is 293 g/mol. The Morgan fingerprint density at radius 3 is 2.45 bits per heavy atom. The van der Waals surface area contributed by atoms with Crippen molar-refractivity contribution >= 4 is 22.4 Å². The number of para-hydroxylation sites is 3. The van der Waals surface area contributed by atoms with Gasteiger partial charge in [-0.2, -0.15) is 0 Å². The summed E-state index contributed by atoms with van der Waals surface area (Å²) in [4.78, 5) is 9.33. The standard InChI is InChI=1S/C18H19N3O/c1-12(2)17-19-14-9-5-4-8-13(14)18(21-17)20-15-10-6-7-11-16(15)22-3/h4-12H,1-3H3,(H,19,20,21). The van der Waals surface area contributed by atoms with Crippen LogP contribution in [0.1, 0.15) is 25.6 Å². The number of nitrogens with one attached hydrogen (secondary N) is 1. The largest absolute Gasteiger partial charge is 0.495 e. The molecule has 1 N–H and O–H groups in total. The zero-order valence-corrected chi connectivity index (χ0v) is 13.0. The van der Waals surface area contributed by atoms with Gasteiger partial charge in [-0.15, -0.1) is 0 Å². The van der Waals surface area contributed by atoms with Crippen LogP contribution in [-0.4, -0.2) is 17.1 Å². The molecule has 1 heterocycles. The topological polar surface area (TPSA) is 47.0 Å². The molecule has 1 aromatic heterocycles. The fourth-order valence-electron chi connectivity index (χ4n) is 2.32. The maximum Gasteiger partial charge on any atom is 0.142 e. The van der Waals surface area contributed by atoms with Gasteiger partial charge in [-0.3, -0.25) is 0 Å². The summed E-state index contributed by atoms with van der Waals surface area (Å²) >= 11 is 0. The molecular formula is C18H19N3O. The molecule has 0 amide bonds. The summed E-state index contributed by atoms with van der Waals surface area (Å²) in [5.74, 6) is 2.69. The van der Waals surface area contributed by atoms with E-state index in [2.05, 4.69) is 24.1 Å². The lowest BCUT2D eigenvalue weighted by atomic mass is 10.1. The summed E-state index contributed by atoms with van der Waals surface area (Å²) in [6.07, 6.45) is 0. The van der Waals surface area contributed by atoms with E-state index in [9.17, 15) is 0 Å². The van der Waals surface area contributed by atoms with Crippen LogP contribution in [0.25, 0.3) is 10.9 Å². The zero-order chi connectivity index (χ0) is 15.5. The predicted octanol–water partition coefficient (Wildman–Crippen LogP) is 4.51. The first kappa shape index (κ1) is 14.3. The third-order valence-electron chi connectivity index (χ3n) is 3.50. The molecule has 0 aliphatic heterocycles. The first-order valence-electron chi connectivity index (χ1n) is 7.35. The van der Waals surface area contributed by atoms with Crippen molar-refractivity contribution in [2.75, 3.05) is 12.4 Å². The average molecular weight is 293 g/mol. The second kappa shape index (κ2) is 6.02. The molecule has 2 aromatic carbocycles. The molecule has 0 spiro atoms. The van der Waals surface area contributed by atoms with Crippen LogP contribution in [0.5, 0.6) is 5.75 Å². The Morgan fingerprint density at radius 2 is 1.68 bits per heavy atom. The Balaban J connectivity index is 2.13. The summed E-state index contributed by atoms with van der Waals surface area (Å²) < 4.78 is 5.40. The molecule has 22 heavy (non-hydrogen) atoms. The third-order valence-corrected chi connectivity index (χ3v) is 3.50. The van der Waals surface area contributed by atoms with Gasteiger partial charge >= 0.3 is 0 Å². The first-order chi connectivity index (χ1) is 10.7. The smallest absolute Gasteiger partial charge is 0.142 e. The van der Waals surface area contributed by atoms with E-state index in [4.69, 9.17) is 9.72 Å². The van der Waals surface area contributed by atoms with Crippen LogP contribution in [0.3, 0.4) is 0 Å². The minimum Gasteiger partial charge on any atom is -0.495 e. The molecule has 0 atom stereocenters. The van der Waals surface area contributed by atoms with Gasteiger partial charge in [0.05, 0.1) is 18.3 Å². The number of benzene rings is 2. The average Bonchev–Trinajstić information content (AvgIpc) is 2.55. The molecule has 3 rings (SSSR count). The van der Waals surface area contributed by atoms with Gasteiger partial charge in [0.2, 0.25) is 0 Å². The van der Waals surface area contributed by atoms with Crippen LogP contribution in [0.2, 0.25) is 0 Å². The Labute approximate surface area is 130 Å². The number of methoxy groups -OCH3 is 1. The molecule has 0 radical (unpaired) electrons. The molecule has 4 heteroatoms. The summed E-state index contributed by atoms with van der Waals surface area (Å²) in [6, 6.07) is 15.8. The molecule has 4 nitrogen and oxygen atoms in total. The molecule has 0 aliphatic carbocycles. The Hall–Kier alpha value is -2.62. The van der Waals surface area contributed by atoms with Gasteiger partial charge < -0.3 is 10.1 Å². The number of hydrogen-bond acceptors (Lipinski definition) is 4. The van der Waals surface area contributed by atoms with Crippen LogP contribution >= 0.6 is 0 Å². The van der Waals surface area contributed by atoms with E-state index >= 15 is 0 Å². The highest BCUT2D eigenvalue weighted by Gasteiger charge is 2.11. The van der Waals surface area contributed by atoms with E-state index in [0.717, 1.165) is 34.0 Å². The summed E-state index contributed by atoms with van der Waals surface area (Å²) in [6.45, 7) is 4.19. The number of aromatic nitrogens is 2. The Bertz CT molecular complexity index is 799. The van der Waals surface area contributed by atoms with E-state index in [-0.39, 0.29) is 5.92 Å². The van der Waals surface area contributed by atoms with Gasteiger partial charge in [0.1, 0.15) is 17.4 Å². The van der Waals surface area contributed by atoms with E-state index in [0.29, 0.717) is 0 Å². The number of nitrogens with zero attached hydrogens (tertiary/aromatic N) is 2. The molecule has 0 unspecified atom stereocenters. The summed E-state index contributed by atoms with van der Waals surface area (Å²) in [5.41, 5.74) is 1.84. The number of rotatable bonds is 4. The van der Waals surface area contributed by atoms with Crippen molar-refractivity contribution in [1.82, 2.24) is 9.97 Å². The molecule has 0 saturated heterocycles. The lowest BCUT2D eigenvalue weighted by Crippen LogP contribution is -2.04. The normalized spacial score (nSPS) is 10.9. The number of anilines is 2. The van der Waals surface area contributed by atoms with Crippen molar-refractivity contribution in [1.29, 1.82) is 0 Å². The Kier molecular flexibility index (Phi) is 3.92. The first-order valence-corrected chi connectivity index (χ1v) is 7.35. The number of ether oxygens (including phenoxy) is 1. The second-order valence-corrected chi connectivity index (χ2v) is 5.43. The summed E-state index contributed by atoms with van der Waals surface area (Å²) in [7, 11) is 1.66. The van der Waals surface area contributed by atoms with E-state index in [1.54, 1.807) is 7.11 Å². The summed E-state index contributed by atoms with van der Waals surface area (Å²) in [5, 5.41) is 4.38. The van der Waals surface area contributed by atoms with E-state index < -0.39 is 0 Å². The van der Waals surface area contributed by atoms with Crippen LogP contribution in [-0.2, 0) is 0 Å². The second-order valence-electron chi connectivity index (χ2n) is 5.43. The highest BCUT2D eigenvalue weighted by Crippen LogP contribution is 2.30. The maximum absolute atomic E-state index is 5.40. The van der Waals surface area contributed by atoms with Crippen molar-refractivity contribution in [3.05, 3.63) is 54.4 Å². The quantitative estimate of drug-likeness (QED) is 0.769. The van der Waals surface area contributed by atoms with Gasteiger partial charge in [0.15, 0.2) is 0 Å². The Morgan fingerprint density at radius 1 is 0.955 bits per heavy atom. The van der Waals surface area contributed by atoms with Gasteiger partial charge in [-0.05, 0) is 24.3 Å². The van der Waals surface area contributed by atoms with Crippen LogP contribution in [0.4, 0.5) is 11.5 Å². The molecule has 112 valence electrons. The predicted molar refractivity (Wildman–Crippen MR) is 89.9 cm³/mol. The van der Waals surface area contributed by atoms with Crippen molar-refractivity contribution in [2.24, 2.45) is 0 Å². The highest BCUT2D eigenvalue weighted by atomic mass is 16.5. The lowest BCUT2D eigenvalue weighted by Gasteiger charge is -2.14. The minimum atomic E-state index is 0.267. The van der Waals surface area contributed by atoms with Crippen LogP contribution < -0.4 is 10.1 Å². The lowest BCUT2D eigenvalue weighted by molar-refractivity contribution is 0.417. The molecule has 3 aromatic rings. The molecule has 0 fully saturated rings.